The topological polar surface area (TPSA) is 83.0 Å². The fraction of sp³-hybridized carbons (Fsp3) is 0.211. The van der Waals surface area contributed by atoms with Gasteiger partial charge in [0, 0.05) is 0 Å². The molecule has 0 spiro atoms. The van der Waals surface area contributed by atoms with E-state index < -0.39 is 42.9 Å². The summed E-state index contributed by atoms with van der Waals surface area (Å²) in [5.74, 6) is -7.07. The Hall–Kier alpha value is -3.41. The molecule has 1 amide bonds. The Labute approximate surface area is 171 Å². The lowest BCUT2D eigenvalue weighted by Crippen LogP contribution is -2.40. The van der Waals surface area contributed by atoms with Gasteiger partial charge in [0.05, 0.1) is 17.9 Å². The van der Waals surface area contributed by atoms with Crippen LogP contribution >= 0.6 is 0 Å². The van der Waals surface area contributed by atoms with Crippen molar-refractivity contribution in [2.24, 2.45) is 5.73 Å². The van der Waals surface area contributed by atoms with Crippen molar-refractivity contribution in [2.45, 2.75) is 18.7 Å². The number of alkyl halides is 5. The first kappa shape index (κ1) is 22.3. The molecule has 6 nitrogen and oxygen atoms in total. The van der Waals surface area contributed by atoms with Gasteiger partial charge in [0.25, 0.3) is 5.91 Å². The van der Waals surface area contributed by atoms with E-state index in [2.05, 4.69) is 14.8 Å². The average Bonchev–Trinajstić information content (AvgIpc) is 3.13. The van der Waals surface area contributed by atoms with E-state index in [1.54, 1.807) is 0 Å². The molecule has 0 saturated heterocycles. The molecule has 2 aromatic carbocycles. The van der Waals surface area contributed by atoms with Crippen molar-refractivity contribution in [3.05, 3.63) is 65.7 Å². The van der Waals surface area contributed by atoms with Crippen LogP contribution in [0.3, 0.4) is 0 Å². The number of ether oxygens (including phenoxy) is 1. The SMILES string of the molecule is NC(=O)c1nc(-c2ccccc2F)n(-c2cccc(COCC(F)(F)C(F)(F)F)c2)n1. The van der Waals surface area contributed by atoms with Gasteiger partial charge in [-0.05, 0) is 29.8 Å². The van der Waals surface area contributed by atoms with E-state index in [0.717, 1.165) is 4.68 Å². The lowest BCUT2D eigenvalue weighted by Gasteiger charge is -2.19. The lowest BCUT2D eigenvalue weighted by molar-refractivity contribution is -0.297. The minimum absolute atomic E-state index is 0.00831. The molecule has 0 saturated carbocycles. The number of hydrogen-bond donors (Lipinski definition) is 1. The molecule has 0 radical (unpaired) electrons. The van der Waals surface area contributed by atoms with Crippen LogP contribution in [0.1, 0.15) is 16.2 Å². The Morgan fingerprint density at radius 3 is 2.42 bits per heavy atom. The van der Waals surface area contributed by atoms with Gasteiger partial charge in [-0.3, -0.25) is 4.79 Å². The van der Waals surface area contributed by atoms with Gasteiger partial charge in [-0.1, -0.05) is 24.3 Å². The van der Waals surface area contributed by atoms with Crippen LogP contribution in [-0.2, 0) is 11.3 Å². The van der Waals surface area contributed by atoms with Gasteiger partial charge in [-0.15, -0.1) is 5.10 Å². The Bertz CT molecular complexity index is 1100. The van der Waals surface area contributed by atoms with Gasteiger partial charge in [0.2, 0.25) is 5.82 Å². The van der Waals surface area contributed by atoms with Crippen molar-refractivity contribution >= 4 is 5.91 Å². The van der Waals surface area contributed by atoms with E-state index in [1.807, 2.05) is 0 Å². The van der Waals surface area contributed by atoms with Crippen molar-refractivity contribution < 1.29 is 35.9 Å². The van der Waals surface area contributed by atoms with Crippen molar-refractivity contribution in [2.75, 3.05) is 6.61 Å². The monoisotopic (exact) mass is 444 g/mol. The summed E-state index contributed by atoms with van der Waals surface area (Å²) in [6.07, 6.45) is -5.73. The Kier molecular flexibility index (Phi) is 6.02. The van der Waals surface area contributed by atoms with Gasteiger partial charge < -0.3 is 10.5 Å². The van der Waals surface area contributed by atoms with E-state index in [0.29, 0.717) is 0 Å². The Morgan fingerprint density at radius 1 is 1.06 bits per heavy atom. The van der Waals surface area contributed by atoms with Gasteiger partial charge in [-0.2, -0.15) is 22.0 Å². The summed E-state index contributed by atoms with van der Waals surface area (Å²) in [5, 5.41) is 3.95. The Balaban J connectivity index is 1.90. The number of nitrogens with two attached hydrogens (primary N) is 1. The van der Waals surface area contributed by atoms with E-state index >= 15 is 0 Å². The first-order chi connectivity index (χ1) is 14.5. The van der Waals surface area contributed by atoms with Crippen LogP contribution < -0.4 is 5.73 Å². The largest absolute Gasteiger partial charge is 0.455 e. The standard InChI is InChI=1S/C19H14F6N4O2/c20-14-7-2-1-6-13(14)17-27-16(15(26)30)28-29(17)12-5-3-4-11(8-12)9-31-10-18(21,22)19(23,24)25/h1-8H,9-10H2,(H2,26,30). The summed E-state index contributed by atoms with van der Waals surface area (Å²) >= 11 is 0. The summed E-state index contributed by atoms with van der Waals surface area (Å²) < 4.78 is 82.6. The van der Waals surface area contributed by atoms with Crippen molar-refractivity contribution in [3.63, 3.8) is 0 Å². The highest BCUT2D eigenvalue weighted by molar-refractivity contribution is 5.89. The molecule has 0 unspecified atom stereocenters. The highest BCUT2D eigenvalue weighted by Crippen LogP contribution is 2.35. The molecule has 0 atom stereocenters. The van der Waals surface area contributed by atoms with Crippen LogP contribution in [0.15, 0.2) is 48.5 Å². The molecule has 3 aromatic rings. The predicted molar refractivity (Wildman–Crippen MR) is 95.9 cm³/mol. The maximum Gasteiger partial charge on any atom is 0.455 e. The van der Waals surface area contributed by atoms with Crippen LogP contribution in [0, 0.1) is 5.82 Å². The number of rotatable bonds is 7. The van der Waals surface area contributed by atoms with Crippen LogP contribution in [0.2, 0.25) is 0 Å². The molecule has 0 aliphatic heterocycles. The number of aromatic nitrogens is 3. The fourth-order valence-electron chi connectivity index (χ4n) is 2.57. The number of hydrogen-bond acceptors (Lipinski definition) is 4. The van der Waals surface area contributed by atoms with Crippen LogP contribution in [0.5, 0.6) is 0 Å². The van der Waals surface area contributed by atoms with E-state index in [9.17, 15) is 31.1 Å². The average molecular weight is 444 g/mol. The molecular weight excluding hydrogens is 430 g/mol. The lowest BCUT2D eigenvalue weighted by atomic mass is 10.2. The summed E-state index contributed by atoms with van der Waals surface area (Å²) in [6.45, 7) is -2.41. The number of amides is 1. The third-order valence-electron chi connectivity index (χ3n) is 4.06. The smallest absolute Gasteiger partial charge is 0.370 e. The summed E-state index contributed by atoms with van der Waals surface area (Å²) in [5.41, 5.74) is 5.67. The predicted octanol–water partition coefficient (Wildman–Crippen LogP) is 3.89. The fourth-order valence-corrected chi connectivity index (χ4v) is 2.57. The maximum absolute atomic E-state index is 14.3. The molecule has 1 aromatic heterocycles. The second-order valence-electron chi connectivity index (χ2n) is 6.38. The zero-order valence-corrected chi connectivity index (χ0v) is 15.5. The third kappa shape index (κ3) is 4.85. The molecule has 0 aliphatic carbocycles. The molecular formula is C19H14F6N4O2. The first-order valence-corrected chi connectivity index (χ1v) is 8.63. The molecule has 3 rings (SSSR count). The number of carbonyl (C=O) groups is 1. The molecule has 1 heterocycles. The highest BCUT2D eigenvalue weighted by Gasteiger charge is 2.57. The Morgan fingerprint density at radius 2 is 1.77 bits per heavy atom. The molecule has 0 aliphatic rings. The third-order valence-corrected chi connectivity index (χ3v) is 4.06. The zero-order valence-electron chi connectivity index (χ0n) is 15.5. The number of carbonyl (C=O) groups excluding carboxylic acids is 1. The van der Waals surface area contributed by atoms with Crippen molar-refractivity contribution in [1.82, 2.24) is 14.8 Å². The van der Waals surface area contributed by atoms with Crippen molar-refractivity contribution in [1.29, 1.82) is 0 Å². The van der Waals surface area contributed by atoms with Crippen LogP contribution in [0.4, 0.5) is 26.3 Å². The second kappa shape index (κ2) is 8.38. The minimum Gasteiger partial charge on any atom is -0.370 e. The highest BCUT2D eigenvalue weighted by atomic mass is 19.4. The first-order valence-electron chi connectivity index (χ1n) is 8.63. The van der Waals surface area contributed by atoms with E-state index in [1.165, 1.54) is 48.5 Å². The van der Waals surface area contributed by atoms with Gasteiger partial charge in [0.1, 0.15) is 12.4 Å². The van der Waals surface area contributed by atoms with Crippen LogP contribution in [0.25, 0.3) is 17.1 Å². The van der Waals surface area contributed by atoms with Crippen molar-refractivity contribution in [3.8, 4) is 17.1 Å². The number of halogens is 6. The second-order valence-corrected chi connectivity index (χ2v) is 6.38. The normalized spacial score (nSPS) is 12.2. The van der Waals surface area contributed by atoms with Gasteiger partial charge >= 0.3 is 12.1 Å². The van der Waals surface area contributed by atoms with E-state index in [-0.39, 0.29) is 22.6 Å². The summed E-state index contributed by atoms with van der Waals surface area (Å²) in [4.78, 5) is 15.5. The van der Waals surface area contributed by atoms with Gasteiger partial charge in [0.15, 0.2) is 5.82 Å². The summed E-state index contributed by atoms with van der Waals surface area (Å²) in [7, 11) is 0. The molecule has 12 heteroatoms. The zero-order chi connectivity index (χ0) is 22.8. The number of nitrogens with zero attached hydrogens (tertiary/aromatic N) is 3. The molecule has 164 valence electrons. The molecule has 0 bridgehead atoms. The van der Waals surface area contributed by atoms with Gasteiger partial charge in [-0.25, -0.2) is 14.1 Å². The van der Waals surface area contributed by atoms with Crippen LogP contribution in [-0.4, -0.2) is 39.4 Å². The number of benzene rings is 2. The maximum atomic E-state index is 14.3. The van der Waals surface area contributed by atoms with E-state index in [4.69, 9.17) is 5.73 Å². The molecule has 2 N–H and O–H groups in total. The quantitative estimate of drug-likeness (QED) is 0.561. The molecule has 31 heavy (non-hydrogen) atoms. The number of primary amides is 1. The summed E-state index contributed by atoms with van der Waals surface area (Å²) in [6, 6.07) is 11.3. The molecule has 0 fully saturated rings. The minimum atomic E-state index is -5.73.